The van der Waals surface area contributed by atoms with E-state index in [2.05, 4.69) is 65.8 Å². The lowest BCUT2D eigenvalue weighted by Crippen LogP contribution is -2.40. The van der Waals surface area contributed by atoms with Gasteiger partial charge in [-0.15, -0.1) is 0 Å². The Morgan fingerprint density at radius 1 is 1.19 bits per heavy atom. The third-order valence-corrected chi connectivity index (χ3v) is 7.74. The van der Waals surface area contributed by atoms with Crippen molar-refractivity contribution < 1.29 is 14.3 Å². The van der Waals surface area contributed by atoms with Crippen LogP contribution >= 0.6 is 0 Å². The van der Waals surface area contributed by atoms with Crippen molar-refractivity contribution in [1.29, 1.82) is 0 Å². The molecule has 3 heteroatoms. The average Bonchev–Trinajstić information content (AvgIpc) is 2.71. The number of hydrogen-bond acceptors (Lipinski definition) is 3. The van der Waals surface area contributed by atoms with Gasteiger partial charge in [0.15, 0.2) is 12.1 Å². The van der Waals surface area contributed by atoms with Crippen LogP contribution in [0.5, 0.6) is 0 Å². The molecule has 0 aromatic heterocycles. The van der Waals surface area contributed by atoms with Crippen molar-refractivity contribution in [2.75, 3.05) is 6.61 Å². The molecule has 0 bridgehead atoms. The van der Waals surface area contributed by atoms with Gasteiger partial charge in [-0.2, -0.15) is 0 Å². The first kappa shape index (κ1) is 24.2. The molecule has 0 saturated carbocycles. The number of carbonyl (C=O) groups excluding carboxylic acids is 1. The molecule has 3 nitrogen and oxygen atoms in total. The van der Waals surface area contributed by atoms with Crippen LogP contribution in [0.2, 0.25) is 0 Å². The maximum absolute atomic E-state index is 13.1. The minimum atomic E-state index is -0.262. The Labute approximate surface area is 189 Å². The van der Waals surface area contributed by atoms with Crippen LogP contribution < -0.4 is 0 Å². The van der Waals surface area contributed by atoms with E-state index in [0.717, 1.165) is 49.7 Å². The molecule has 1 heterocycles. The number of ether oxygens (including phenoxy) is 2. The lowest BCUT2D eigenvalue weighted by atomic mass is 9.58. The zero-order chi connectivity index (χ0) is 22.8. The number of aryl methyl sites for hydroxylation is 1. The van der Waals surface area contributed by atoms with Crippen LogP contribution in [0.25, 0.3) is 0 Å². The van der Waals surface area contributed by atoms with Gasteiger partial charge in [-0.1, -0.05) is 52.8 Å². The van der Waals surface area contributed by atoms with E-state index < -0.39 is 0 Å². The summed E-state index contributed by atoms with van der Waals surface area (Å²) in [6.45, 7) is 15.8. The highest BCUT2D eigenvalue weighted by Crippen LogP contribution is 2.49. The number of hydrogen-bond donors (Lipinski definition) is 0. The van der Waals surface area contributed by atoms with Gasteiger partial charge in [0.2, 0.25) is 0 Å². The Morgan fingerprint density at radius 3 is 2.65 bits per heavy atom. The van der Waals surface area contributed by atoms with Crippen LogP contribution in [0.3, 0.4) is 0 Å². The van der Waals surface area contributed by atoms with E-state index in [0.29, 0.717) is 5.92 Å². The van der Waals surface area contributed by atoms with Crippen LogP contribution in [0.15, 0.2) is 24.3 Å². The molecule has 0 amide bonds. The predicted molar refractivity (Wildman–Crippen MR) is 128 cm³/mol. The van der Waals surface area contributed by atoms with E-state index in [1.165, 1.54) is 11.1 Å². The number of rotatable bonds is 7. The minimum Gasteiger partial charge on any atom is -0.349 e. The Hall–Kier alpha value is -1.45. The molecule has 1 saturated heterocycles. The van der Waals surface area contributed by atoms with Crippen molar-refractivity contribution in [2.45, 2.75) is 110 Å². The predicted octanol–water partition coefficient (Wildman–Crippen LogP) is 7.04. The van der Waals surface area contributed by atoms with E-state index in [4.69, 9.17) is 9.47 Å². The second-order valence-corrected chi connectivity index (χ2v) is 10.9. The molecular formula is C28H42O3. The Balaban J connectivity index is 1.70. The summed E-state index contributed by atoms with van der Waals surface area (Å²) in [6.07, 6.45) is 10.5. The molecule has 3 unspecified atom stereocenters. The van der Waals surface area contributed by atoms with Gasteiger partial charge >= 0.3 is 0 Å². The Morgan fingerprint density at radius 2 is 1.94 bits per heavy atom. The smallest absolute Gasteiger partial charge is 0.188 e. The van der Waals surface area contributed by atoms with Gasteiger partial charge in [0.25, 0.3) is 0 Å². The second-order valence-electron chi connectivity index (χ2n) is 10.9. The fraction of sp³-hybridized carbons (Fsp3) is 0.679. The summed E-state index contributed by atoms with van der Waals surface area (Å²) in [5.74, 6) is 0.663. The normalized spacial score (nSPS) is 27.3. The molecule has 1 aliphatic heterocycles. The third kappa shape index (κ3) is 5.31. The largest absolute Gasteiger partial charge is 0.349 e. The van der Waals surface area contributed by atoms with Crippen molar-refractivity contribution in [3.63, 3.8) is 0 Å². The first-order valence-corrected chi connectivity index (χ1v) is 12.1. The van der Waals surface area contributed by atoms with Crippen LogP contribution in [-0.4, -0.2) is 24.8 Å². The molecular weight excluding hydrogens is 384 g/mol. The molecule has 3 atom stereocenters. The van der Waals surface area contributed by atoms with Crippen molar-refractivity contribution in [3.8, 4) is 0 Å². The van der Waals surface area contributed by atoms with Gasteiger partial charge in [-0.05, 0) is 91.9 Å². The summed E-state index contributed by atoms with van der Waals surface area (Å²) in [4.78, 5) is 13.1. The first-order chi connectivity index (χ1) is 14.6. The molecule has 31 heavy (non-hydrogen) atoms. The van der Waals surface area contributed by atoms with Gasteiger partial charge in [0.05, 0.1) is 6.10 Å². The SMILES string of the molecule is CC=CCCC1CCCC(OCC(=O)c2cc3c(cc2C)C(C)(C)C(C)CC3(C)C)O1. The van der Waals surface area contributed by atoms with Gasteiger partial charge in [0, 0.05) is 5.56 Å². The lowest BCUT2D eigenvalue weighted by molar-refractivity contribution is -0.188. The van der Waals surface area contributed by atoms with E-state index >= 15 is 0 Å². The summed E-state index contributed by atoms with van der Waals surface area (Å²) in [5.41, 5.74) is 4.76. The van der Waals surface area contributed by atoms with E-state index in [9.17, 15) is 4.79 Å². The van der Waals surface area contributed by atoms with E-state index in [-0.39, 0.29) is 35.6 Å². The molecule has 0 spiro atoms. The third-order valence-electron chi connectivity index (χ3n) is 7.74. The maximum Gasteiger partial charge on any atom is 0.188 e. The molecule has 1 aromatic rings. The molecule has 3 rings (SSSR count). The van der Waals surface area contributed by atoms with Crippen molar-refractivity contribution >= 4 is 5.78 Å². The highest BCUT2D eigenvalue weighted by molar-refractivity contribution is 5.98. The number of benzene rings is 1. The number of carbonyl (C=O) groups is 1. The number of fused-ring (bicyclic) bond motifs is 1. The highest BCUT2D eigenvalue weighted by Gasteiger charge is 2.42. The number of ketones is 1. The average molecular weight is 427 g/mol. The zero-order valence-corrected chi connectivity index (χ0v) is 20.7. The van der Waals surface area contributed by atoms with Crippen molar-refractivity contribution in [1.82, 2.24) is 0 Å². The molecule has 1 aromatic carbocycles. The van der Waals surface area contributed by atoms with Crippen molar-refractivity contribution in [2.24, 2.45) is 5.92 Å². The summed E-state index contributed by atoms with van der Waals surface area (Å²) >= 11 is 0. The topological polar surface area (TPSA) is 35.5 Å². The standard InChI is InChI=1S/C28H42O3/c1-8-9-10-12-21-13-11-14-26(31-21)30-18-25(29)22-16-23-24(15-19(22)2)28(6,7)20(3)17-27(23,4)5/h8-9,15-16,20-21,26H,10-14,17-18H2,1-7H3. The van der Waals surface area contributed by atoms with Crippen molar-refractivity contribution in [3.05, 3.63) is 46.5 Å². The fourth-order valence-corrected chi connectivity index (χ4v) is 5.39. The monoisotopic (exact) mass is 426 g/mol. The molecule has 1 fully saturated rings. The van der Waals surface area contributed by atoms with Gasteiger partial charge in [0.1, 0.15) is 6.61 Å². The molecule has 1 aliphatic carbocycles. The van der Waals surface area contributed by atoms with Crippen LogP contribution in [0, 0.1) is 12.8 Å². The summed E-state index contributed by atoms with van der Waals surface area (Å²) in [7, 11) is 0. The highest BCUT2D eigenvalue weighted by atomic mass is 16.7. The van der Waals surface area contributed by atoms with Gasteiger partial charge < -0.3 is 9.47 Å². The molecule has 0 N–H and O–H groups in total. The summed E-state index contributed by atoms with van der Waals surface area (Å²) < 4.78 is 12.1. The quantitative estimate of drug-likeness (QED) is 0.346. The zero-order valence-electron chi connectivity index (χ0n) is 20.7. The Bertz CT molecular complexity index is 818. The second kappa shape index (κ2) is 9.58. The molecule has 0 radical (unpaired) electrons. The number of Topliss-reactive ketones (excluding diaryl/α,β-unsaturated/α-hetero) is 1. The summed E-state index contributed by atoms with van der Waals surface area (Å²) in [5, 5.41) is 0. The Kier molecular flexibility index (Phi) is 7.48. The van der Waals surface area contributed by atoms with Gasteiger partial charge in [-0.25, -0.2) is 0 Å². The van der Waals surface area contributed by atoms with E-state index in [1.54, 1.807) is 0 Å². The van der Waals surface area contributed by atoms with Gasteiger partial charge in [-0.3, -0.25) is 4.79 Å². The molecule has 2 aliphatic rings. The van der Waals surface area contributed by atoms with Crippen LogP contribution in [-0.2, 0) is 20.3 Å². The number of allylic oxidation sites excluding steroid dienone is 2. The van der Waals surface area contributed by atoms with Crippen LogP contribution in [0.1, 0.15) is 107 Å². The first-order valence-electron chi connectivity index (χ1n) is 12.1. The van der Waals surface area contributed by atoms with Crippen LogP contribution in [0.4, 0.5) is 0 Å². The lowest BCUT2D eigenvalue weighted by Gasteiger charge is -2.47. The summed E-state index contributed by atoms with van der Waals surface area (Å²) in [6, 6.07) is 4.42. The minimum absolute atomic E-state index is 0.0622. The van der Waals surface area contributed by atoms with E-state index in [1.807, 2.05) is 6.92 Å². The molecule has 172 valence electrons. The maximum atomic E-state index is 13.1. The fourth-order valence-electron chi connectivity index (χ4n) is 5.39.